The molecule has 1 aliphatic heterocycles. The van der Waals surface area contributed by atoms with Crippen LogP contribution in [0, 0.1) is 13.8 Å². The van der Waals surface area contributed by atoms with Crippen LogP contribution in [-0.4, -0.2) is 47.2 Å². The quantitative estimate of drug-likeness (QED) is 0.649. The van der Waals surface area contributed by atoms with E-state index in [1.165, 1.54) is 0 Å². The third-order valence-corrected chi connectivity index (χ3v) is 3.76. The fourth-order valence-corrected chi connectivity index (χ4v) is 2.64. The van der Waals surface area contributed by atoms with Gasteiger partial charge < -0.3 is 25.1 Å². The molecule has 2 heterocycles. The summed E-state index contributed by atoms with van der Waals surface area (Å²) in [5.41, 5.74) is 1.80. The highest BCUT2D eigenvalue weighted by Crippen LogP contribution is 2.13. The van der Waals surface area contributed by atoms with Gasteiger partial charge in [-0.2, -0.15) is 4.98 Å². The van der Waals surface area contributed by atoms with Gasteiger partial charge in [0.15, 0.2) is 0 Å². The highest BCUT2D eigenvalue weighted by Gasteiger charge is 2.27. The van der Waals surface area contributed by atoms with Crippen LogP contribution in [0.15, 0.2) is 16.1 Å². The lowest BCUT2D eigenvalue weighted by Crippen LogP contribution is -2.48. The zero-order chi connectivity index (χ0) is 21.4. The maximum atomic E-state index is 11.5. The van der Waals surface area contributed by atoms with Crippen molar-refractivity contribution in [1.29, 1.82) is 0 Å². The number of H-pyrrole nitrogens is 1. The molecule has 2 amide bonds. The number of allylic oxidation sites excluding steroid dienone is 1. The van der Waals surface area contributed by atoms with Crippen LogP contribution < -0.4 is 16.3 Å². The maximum Gasteiger partial charge on any atom is 0.345 e. The highest BCUT2D eigenvalue weighted by molar-refractivity contribution is 5.94. The van der Waals surface area contributed by atoms with E-state index < -0.39 is 11.7 Å². The van der Waals surface area contributed by atoms with Crippen LogP contribution in [0.25, 0.3) is 0 Å². The molecule has 10 heteroatoms. The molecule has 2 rings (SSSR count). The Morgan fingerprint density at radius 2 is 1.61 bits per heavy atom. The first kappa shape index (κ1) is 22.9. The fourth-order valence-electron chi connectivity index (χ4n) is 2.64. The molecule has 1 atom stereocenters. The van der Waals surface area contributed by atoms with Gasteiger partial charge in [0.2, 0.25) is 0 Å². The molecule has 0 aliphatic carbocycles. The van der Waals surface area contributed by atoms with Crippen molar-refractivity contribution < 1.29 is 23.9 Å². The highest BCUT2D eigenvalue weighted by atomic mass is 16.5. The first-order chi connectivity index (χ1) is 13.1. The monoisotopic (exact) mass is 394 g/mol. The van der Waals surface area contributed by atoms with Gasteiger partial charge in [0.25, 0.3) is 0 Å². The van der Waals surface area contributed by atoms with E-state index >= 15 is 0 Å². The Labute approximate surface area is 162 Å². The molecule has 1 aliphatic rings. The summed E-state index contributed by atoms with van der Waals surface area (Å²) in [6.45, 7) is 10.8. The summed E-state index contributed by atoms with van der Waals surface area (Å²) >= 11 is 0. The molecule has 1 aromatic heterocycles. The topological polar surface area (TPSA) is 139 Å². The number of hydrogen-bond acceptors (Lipinski definition) is 7. The number of rotatable bonds is 4. The fraction of sp³-hybridized carbons (Fsp3) is 0.500. The van der Waals surface area contributed by atoms with Crippen molar-refractivity contribution in [2.45, 2.75) is 47.6 Å². The Bertz CT molecular complexity index is 817. The van der Waals surface area contributed by atoms with Crippen molar-refractivity contribution in [2.24, 2.45) is 0 Å². The smallest absolute Gasteiger partial charge is 0.345 e. The van der Waals surface area contributed by atoms with E-state index in [2.05, 4.69) is 20.6 Å². The van der Waals surface area contributed by atoms with Crippen molar-refractivity contribution in [3.05, 3.63) is 38.7 Å². The predicted octanol–water partition coefficient (Wildman–Crippen LogP) is 1.09. The van der Waals surface area contributed by atoms with Crippen molar-refractivity contribution >= 4 is 18.0 Å². The van der Waals surface area contributed by atoms with Crippen LogP contribution in [0.5, 0.6) is 0 Å². The van der Waals surface area contributed by atoms with Gasteiger partial charge >= 0.3 is 23.7 Å². The lowest BCUT2D eigenvalue weighted by atomic mass is 10.1. The maximum absolute atomic E-state index is 11.5. The zero-order valence-corrected chi connectivity index (χ0v) is 16.9. The van der Waals surface area contributed by atoms with Crippen LogP contribution in [0.2, 0.25) is 0 Å². The molecule has 28 heavy (non-hydrogen) atoms. The molecule has 154 valence electrons. The largest absolute Gasteiger partial charge is 0.463 e. The minimum Gasteiger partial charge on any atom is -0.463 e. The van der Waals surface area contributed by atoms with E-state index in [1.54, 1.807) is 41.5 Å². The Hall–Kier alpha value is -3.17. The normalized spacial score (nSPS) is 15.6. The van der Waals surface area contributed by atoms with Crippen molar-refractivity contribution in [1.82, 2.24) is 20.6 Å². The van der Waals surface area contributed by atoms with Gasteiger partial charge in [-0.1, -0.05) is 0 Å². The minimum absolute atomic E-state index is 0.289. The number of urea groups is 1. The molecule has 1 aromatic rings. The Morgan fingerprint density at radius 3 is 2.11 bits per heavy atom. The first-order valence-corrected chi connectivity index (χ1v) is 8.82. The van der Waals surface area contributed by atoms with E-state index in [-0.39, 0.29) is 18.0 Å². The van der Waals surface area contributed by atoms with Crippen molar-refractivity contribution in [3.8, 4) is 0 Å². The van der Waals surface area contributed by atoms with Crippen LogP contribution in [-0.2, 0) is 14.3 Å². The Balaban J connectivity index is 0.000000280. The number of hydrogen-bond donors (Lipinski definition) is 3. The van der Waals surface area contributed by atoms with Crippen LogP contribution in [0.3, 0.4) is 0 Å². The number of aryl methyl sites for hydroxylation is 2. The molecular weight excluding hydrogens is 368 g/mol. The number of aromatic amines is 1. The van der Waals surface area contributed by atoms with E-state index in [4.69, 9.17) is 9.47 Å². The average Bonchev–Trinajstić information content (AvgIpc) is 2.54. The Morgan fingerprint density at radius 1 is 1.04 bits per heavy atom. The lowest BCUT2D eigenvalue weighted by molar-refractivity contribution is -0.138. The summed E-state index contributed by atoms with van der Waals surface area (Å²) in [4.78, 5) is 50.9. The molecule has 0 saturated carbocycles. The molecule has 0 bridgehead atoms. The Kier molecular flexibility index (Phi) is 8.36. The van der Waals surface area contributed by atoms with Gasteiger partial charge in [-0.05, 0) is 41.5 Å². The molecule has 0 saturated heterocycles. The summed E-state index contributed by atoms with van der Waals surface area (Å²) in [5.74, 6) is -0.837. The van der Waals surface area contributed by atoms with Crippen LogP contribution in [0.4, 0.5) is 4.79 Å². The van der Waals surface area contributed by atoms with Gasteiger partial charge in [0, 0.05) is 11.4 Å². The lowest BCUT2D eigenvalue weighted by Gasteiger charge is -2.24. The van der Waals surface area contributed by atoms with Gasteiger partial charge in [0.1, 0.15) is 5.56 Å². The molecule has 0 fully saturated rings. The van der Waals surface area contributed by atoms with E-state index in [1.807, 2.05) is 0 Å². The second-order valence-electron chi connectivity index (χ2n) is 5.93. The van der Waals surface area contributed by atoms with Gasteiger partial charge in [-0.15, -0.1) is 0 Å². The number of carbonyl (C=O) groups is 3. The third-order valence-electron chi connectivity index (χ3n) is 3.76. The van der Waals surface area contributed by atoms with Gasteiger partial charge in [-0.25, -0.2) is 19.2 Å². The number of carbonyl (C=O) groups excluding carboxylic acids is 3. The van der Waals surface area contributed by atoms with Crippen molar-refractivity contribution in [2.75, 3.05) is 13.2 Å². The average molecular weight is 394 g/mol. The SMILES string of the molecule is CCOC(=O)C1=C(C)NC(=O)NC1C.CCOC(=O)c1c(C)nc(=O)[nH]c1C. The summed E-state index contributed by atoms with van der Waals surface area (Å²) in [6, 6.07) is -0.592. The number of ether oxygens (including phenoxy) is 2. The van der Waals surface area contributed by atoms with Crippen molar-refractivity contribution in [3.63, 3.8) is 0 Å². The summed E-state index contributed by atoms with van der Waals surface area (Å²) in [6.07, 6.45) is 0. The molecule has 10 nitrogen and oxygen atoms in total. The zero-order valence-electron chi connectivity index (χ0n) is 16.9. The second-order valence-corrected chi connectivity index (χ2v) is 5.93. The van der Waals surface area contributed by atoms with Gasteiger partial charge in [-0.3, -0.25) is 0 Å². The van der Waals surface area contributed by atoms with Gasteiger partial charge in [0.05, 0.1) is 30.5 Å². The van der Waals surface area contributed by atoms with Crippen LogP contribution >= 0.6 is 0 Å². The standard InChI is InChI=1S/C9H14N2O3.C9H12N2O3/c2*1-4-14-8(12)7-5(2)10-9(13)11-6(7)3/h5H,4H2,1-3H3,(H2,10,11,13);4H2,1-3H3,(H,10,11,13). The first-order valence-electron chi connectivity index (χ1n) is 8.82. The molecule has 0 aromatic carbocycles. The molecule has 1 unspecified atom stereocenters. The minimum atomic E-state index is -0.453. The molecule has 3 N–H and O–H groups in total. The molecule has 0 radical (unpaired) electrons. The number of esters is 2. The third kappa shape index (κ3) is 5.93. The summed E-state index contributed by atoms with van der Waals surface area (Å²) < 4.78 is 9.70. The van der Waals surface area contributed by atoms with E-state index in [0.717, 1.165) is 0 Å². The molecule has 0 spiro atoms. The number of aromatic nitrogens is 2. The van der Waals surface area contributed by atoms with E-state index in [0.29, 0.717) is 41.4 Å². The summed E-state index contributed by atoms with van der Waals surface area (Å²) in [5, 5.41) is 5.12. The molecular formula is C18H26N4O6. The van der Waals surface area contributed by atoms with E-state index in [9.17, 15) is 19.2 Å². The number of nitrogens with zero attached hydrogens (tertiary/aromatic N) is 1. The summed E-state index contributed by atoms with van der Waals surface area (Å²) in [7, 11) is 0. The second kappa shape index (κ2) is 10.2. The number of amides is 2. The van der Waals surface area contributed by atoms with Crippen LogP contribution in [0.1, 0.15) is 49.4 Å². The number of nitrogens with one attached hydrogen (secondary N) is 3. The predicted molar refractivity (Wildman–Crippen MR) is 101 cm³/mol.